The van der Waals surface area contributed by atoms with E-state index in [9.17, 15) is 4.79 Å². The average molecular weight is 387 g/mol. The maximum absolute atomic E-state index is 12.6. The van der Waals surface area contributed by atoms with Crippen LogP contribution in [0.2, 0.25) is 0 Å². The van der Waals surface area contributed by atoms with Crippen molar-refractivity contribution in [2.75, 3.05) is 39.3 Å². The molecule has 4 atom stereocenters. The fourth-order valence-electron chi connectivity index (χ4n) is 3.68. The molecule has 0 unspecified atom stereocenters. The summed E-state index contributed by atoms with van der Waals surface area (Å²) in [5.41, 5.74) is 2.42. The Morgan fingerprint density at radius 1 is 1.25 bits per heavy atom. The molecule has 4 rings (SSSR count). The molecule has 2 aromatic rings. The molecule has 150 valence electrons. The van der Waals surface area contributed by atoms with E-state index in [2.05, 4.69) is 15.6 Å². The molecule has 0 aliphatic carbocycles. The number of nitrogens with zero attached hydrogens (tertiary/aromatic N) is 4. The minimum Gasteiger partial charge on any atom is -0.378 e. The predicted molar refractivity (Wildman–Crippen MR) is 101 cm³/mol. The molecule has 0 saturated carbocycles. The van der Waals surface area contributed by atoms with Crippen LogP contribution < -0.4 is 10.2 Å². The topological polar surface area (TPSA) is 90.7 Å². The van der Waals surface area contributed by atoms with Crippen LogP contribution in [0, 0.1) is 0 Å². The van der Waals surface area contributed by atoms with Crippen LogP contribution in [0.4, 0.5) is 5.69 Å². The fourth-order valence-corrected chi connectivity index (χ4v) is 3.68. The van der Waals surface area contributed by atoms with Crippen molar-refractivity contribution in [2.24, 2.45) is 0 Å². The molecule has 0 radical (unpaired) electrons. The third-order valence-electron chi connectivity index (χ3n) is 5.18. The standard InChI is InChI=1S/C19H25N5O4/c1-23(2)14-6-4-12(5-7-14)19(25)20-15-10-27-18-16(11-28-17(15)18)24-8-13(9-26-3)21-22-24/h4-8,15-18H,9-11H2,1-3H3,(H,20,25)/t15-,16+,17-,18+/m1/s1. The first kappa shape index (κ1) is 18.9. The molecule has 28 heavy (non-hydrogen) atoms. The minimum absolute atomic E-state index is 0.0654. The second kappa shape index (κ2) is 7.86. The number of fused-ring (bicyclic) bond motifs is 1. The van der Waals surface area contributed by atoms with Crippen LogP contribution in [0.1, 0.15) is 22.1 Å². The Bertz CT molecular complexity index is 822. The van der Waals surface area contributed by atoms with E-state index in [4.69, 9.17) is 14.2 Å². The van der Waals surface area contributed by atoms with Crippen molar-refractivity contribution in [3.63, 3.8) is 0 Å². The molecule has 1 amide bonds. The van der Waals surface area contributed by atoms with Gasteiger partial charge in [-0.05, 0) is 24.3 Å². The predicted octanol–water partition coefficient (Wildman–Crippen LogP) is 0.628. The summed E-state index contributed by atoms with van der Waals surface area (Å²) in [5.74, 6) is -0.130. The highest BCUT2D eigenvalue weighted by Gasteiger charge is 2.49. The van der Waals surface area contributed by atoms with Crippen LogP contribution in [-0.2, 0) is 20.8 Å². The maximum Gasteiger partial charge on any atom is 0.251 e. The van der Waals surface area contributed by atoms with E-state index < -0.39 is 0 Å². The summed E-state index contributed by atoms with van der Waals surface area (Å²) in [5, 5.41) is 11.3. The van der Waals surface area contributed by atoms with Crippen LogP contribution in [-0.4, -0.2) is 73.6 Å². The molecule has 1 N–H and O–H groups in total. The SMILES string of the molecule is COCc1cn([C@H]2CO[C@H]3[C@H]2OC[C@H]3NC(=O)c2ccc(N(C)C)cc2)nn1. The summed E-state index contributed by atoms with van der Waals surface area (Å²) in [6, 6.07) is 7.23. The summed E-state index contributed by atoms with van der Waals surface area (Å²) in [6.07, 6.45) is 1.48. The van der Waals surface area contributed by atoms with E-state index >= 15 is 0 Å². The number of hydrogen-bond acceptors (Lipinski definition) is 7. The van der Waals surface area contributed by atoms with Gasteiger partial charge in [0.05, 0.1) is 32.1 Å². The molecule has 9 heteroatoms. The Morgan fingerprint density at radius 2 is 2.00 bits per heavy atom. The Kier molecular flexibility index (Phi) is 5.29. The smallest absolute Gasteiger partial charge is 0.251 e. The number of amides is 1. The zero-order valence-electron chi connectivity index (χ0n) is 16.2. The van der Waals surface area contributed by atoms with Gasteiger partial charge in [-0.15, -0.1) is 5.10 Å². The van der Waals surface area contributed by atoms with Gasteiger partial charge in [-0.25, -0.2) is 4.68 Å². The number of hydrogen-bond donors (Lipinski definition) is 1. The highest BCUT2D eigenvalue weighted by Crippen LogP contribution is 2.34. The molecular formula is C19H25N5O4. The second-order valence-electron chi connectivity index (χ2n) is 7.31. The van der Waals surface area contributed by atoms with Crippen molar-refractivity contribution in [3.05, 3.63) is 41.7 Å². The maximum atomic E-state index is 12.6. The molecule has 1 aromatic heterocycles. The molecule has 1 aromatic carbocycles. The van der Waals surface area contributed by atoms with E-state index in [1.165, 1.54) is 0 Å². The summed E-state index contributed by atoms with van der Waals surface area (Å²) >= 11 is 0. The van der Waals surface area contributed by atoms with Crippen LogP contribution in [0.5, 0.6) is 0 Å². The summed E-state index contributed by atoms with van der Waals surface area (Å²) < 4.78 is 18.7. The third kappa shape index (κ3) is 3.60. The Balaban J connectivity index is 1.39. The molecular weight excluding hydrogens is 362 g/mol. The molecule has 2 saturated heterocycles. The van der Waals surface area contributed by atoms with Gasteiger partial charge in [0.1, 0.15) is 23.9 Å². The molecule has 0 spiro atoms. The van der Waals surface area contributed by atoms with Crippen molar-refractivity contribution in [2.45, 2.75) is 30.9 Å². The van der Waals surface area contributed by atoms with Crippen molar-refractivity contribution < 1.29 is 19.0 Å². The van der Waals surface area contributed by atoms with E-state index in [0.29, 0.717) is 25.4 Å². The number of carbonyl (C=O) groups is 1. The van der Waals surface area contributed by atoms with Crippen LogP contribution in [0.25, 0.3) is 0 Å². The van der Waals surface area contributed by atoms with Gasteiger partial charge in [-0.2, -0.15) is 0 Å². The van der Waals surface area contributed by atoms with Gasteiger partial charge in [0.25, 0.3) is 5.91 Å². The molecule has 3 heterocycles. The lowest BCUT2D eigenvalue weighted by molar-refractivity contribution is 0.0613. The molecule has 2 fully saturated rings. The lowest BCUT2D eigenvalue weighted by Gasteiger charge is -2.18. The number of anilines is 1. The van der Waals surface area contributed by atoms with E-state index in [0.717, 1.165) is 11.4 Å². The highest BCUT2D eigenvalue weighted by atomic mass is 16.6. The lowest BCUT2D eigenvalue weighted by atomic mass is 10.1. The zero-order valence-corrected chi connectivity index (χ0v) is 16.2. The van der Waals surface area contributed by atoms with E-state index in [1.807, 2.05) is 49.5 Å². The largest absolute Gasteiger partial charge is 0.378 e. The van der Waals surface area contributed by atoms with Gasteiger partial charge >= 0.3 is 0 Å². The number of rotatable bonds is 6. The summed E-state index contributed by atoms with van der Waals surface area (Å²) in [7, 11) is 5.55. The monoisotopic (exact) mass is 387 g/mol. The number of nitrogens with one attached hydrogen (secondary N) is 1. The van der Waals surface area contributed by atoms with E-state index in [1.54, 1.807) is 11.8 Å². The van der Waals surface area contributed by atoms with Crippen LogP contribution >= 0.6 is 0 Å². The van der Waals surface area contributed by atoms with Crippen LogP contribution in [0.15, 0.2) is 30.5 Å². The van der Waals surface area contributed by atoms with Gasteiger partial charge in [0.2, 0.25) is 0 Å². The molecule has 0 bridgehead atoms. The minimum atomic E-state index is -0.204. The summed E-state index contributed by atoms with van der Waals surface area (Å²) in [4.78, 5) is 14.6. The second-order valence-corrected chi connectivity index (χ2v) is 7.31. The lowest BCUT2D eigenvalue weighted by Crippen LogP contribution is -2.44. The summed E-state index contributed by atoms with van der Waals surface area (Å²) in [6.45, 7) is 1.29. The average Bonchev–Trinajstić information content (AvgIpc) is 3.40. The van der Waals surface area contributed by atoms with Gasteiger partial charge in [0.15, 0.2) is 0 Å². The number of carbonyl (C=O) groups excluding carboxylic acids is 1. The van der Waals surface area contributed by atoms with Crippen LogP contribution in [0.3, 0.4) is 0 Å². The molecule has 2 aliphatic heterocycles. The number of benzene rings is 1. The molecule has 2 aliphatic rings. The first-order chi connectivity index (χ1) is 13.6. The van der Waals surface area contributed by atoms with Gasteiger partial charge < -0.3 is 24.4 Å². The molecule has 9 nitrogen and oxygen atoms in total. The van der Waals surface area contributed by atoms with Crippen molar-refractivity contribution in [1.29, 1.82) is 0 Å². The van der Waals surface area contributed by atoms with Gasteiger partial charge in [-0.3, -0.25) is 4.79 Å². The zero-order chi connectivity index (χ0) is 19.7. The quantitative estimate of drug-likeness (QED) is 0.777. The van der Waals surface area contributed by atoms with Gasteiger partial charge in [0, 0.05) is 32.5 Å². The van der Waals surface area contributed by atoms with Gasteiger partial charge in [-0.1, -0.05) is 5.21 Å². The van der Waals surface area contributed by atoms with Crippen molar-refractivity contribution in [1.82, 2.24) is 20.3 Å². The first-order valence-corrected chi connectivity index (χ1v) is 9.28. The Morgan fingerprint density at radius 3 is 2.71 bits per heavy atom. The normalized spacial score (nSPS) is 26.2. The number of ether oxygens (including phenoxy) is 3. The van der Waals surface area contributed by atoms with Crippen molar-refractivity contribution in [3.8, 4) is 0 Å². The number of methoxy groups -OCH3 is 1. The van der Waals surface area contributed by atoms with E-state index in [-0.39, 0.29) is 30.2 Å². The fraction of sp³-hybridized carbons (Fsp3) is 0.526. The highest BCUT2D eigenvalue weighted by molar-refractivity contribution is 5.94. The van der Waals surface area contributed by atoms with Crippen molar-refractivity contribution >= 4 is 11.6 Å². The first-order valence-electron chi connectivity index (χ1n) is 9.28. The number of aromatic nitrogens is 3. The Hall–Kier alpha value is -2.49. The third-order valence-corrected chi connectivity index (χ3v) is 5.18. The Labute approximate surface area is 163 Å².